The second-order valence-corrected chi connectivity index (χ2v) is 6.51. The van der Waals surface area contributed by atoms with Crippen LogP contribution < -0.4 is 5.32 Å². The van der Waals surface area contributed by atoms with Gasteiger partial charge in [0.05, 0.1) is 16.6 Å². The highest BCUT2D eigenvalue weighted by Crippen LogP contribution is 2.27. The Balaban J connectivity index is 1.97. The van der Waals surface area contributed by atoms with E-state index in [4.69, 9.17) is 23.2 Å². The minimum Gasteiger partial charge on any atom is -0.309 e. The van der Waals surface area contributed by atoms with Gasteiger partial charge in [0.15, 0.2) is 5.78 Å². The van der Waals surface area contributed by atoms with Gasteiger partial charge in [-0.2, -0.15) is 0 Å². The number of aldehydes is 1. The molecule has 0 saturated carbocycles. The molecule has 0 aliphatic rings. The van der Waals surface area contributed by atoms with E-state index < -0.39 is 0 Å². The summed E-state index contributed by atoms with van der Waals surface area (Å²) < 4.78 is 0. The van der Waals surface area contributed by atoms with Crippen LogP contribution >= 0.6 is 23.2 Å². The van der Waals surface area contributed by atoms with Gasteiger partial charge in [-0.25, -0.2) is 0 Å². The molecule has 0 radical (unpaired) electrons. The Hall–Kier alpha value is -1.68. The molecule has 1 N–H and O–H groups in total. The Morgan fingerprint density at radius 2 is 1.96 bits per heavy atom. The molecule has 126 valence electrons. The molecule has 5 heteroatoms. The summed E-state index contributed by atoms with van der Waals surface area (Å²) >= 11 is 12.0. The van der Waals surface area contributed by atoms with Gasteiger partial charge in [-0.1, -0.05) is 53.0 Å². The van der Waals surface area contributed by atoms with E-state index in [-0.39, 0.29) is 18.2 Å². The SMILES string of the molecule is Cc1cccc(C(=O)CNC[C@@H](CC=O)c2ccc(Cl)c(Cl)c2)c1. The first-order valence-electron chi connectivity index (χ1n) is 7.70. The standard InChI is InChI=1S/C19H19Cl2NO2/c1-13-3-2-4-15(9-13)19(24)12-22-11-16(7-8-23)14-5-6-17(20)18(21)10-14/h2-6,8-10,16,22H,7,11-12H2,1H3/t16-/m1/s1. The summed E-state index contributed by atoms with van der Waals surface area (Å²) in [6, 6.07) is 12.8. The van der Waals surface area contributed by atoms with Gasteiger partial charge in [-0.15, -0.1) is 0 Å². The van der Waals surface area contributed by atoms with E-state index in [1.165, 1.54) is 0 Å². The van der Waals surface area contributed by atoms with Gasteiger partial charge in [-0.05, 0) is 30.7 Å². The predicted octanol–water partition coefficient (Wildman–Crippen LogP) is 4.45. The van der Waals surface area contributed by atoms with E-state index in [0.29, 0.717) is 28.6 Å². The number of nitrogens with one attached hydrogen (secondary N) is 1. The van der Waals surface area contributed by atoms with Crippen molar-refractivity contribution in [3.8, 4) is 0 Å². The van der Waals surface area contributed by atoms with Crippen LogP contribution in [-0.4, -0.2) is 25.2 Å². The molecular weight excluding hydrogens is 345 g/mol. The maximum atomic E-state index is 12.2. The summed E-state index contributed by atoms with van der Waals surface area (Å²) in [6.45, 7) is 2.68. The molecule has 2 aromatic carbocycles. The Morgan fingerprint density at radius 3 is 2.62 bits per heavy atom. The highest BCUT2D eigenvalue weighted by molar-refractivity contribution is 6.42. The molecule has 2 rings (SSSR count). The molecular formula is C19H19Cl2NO2. The first-order valence-corrected chi connectivity index (χ1v) is 8.46. The van der Waals surface area contributed by atoms with E-state index in [9.17, 15) is 9.59 Å². The van der Waals surface area contributed by atoms with Crippen LogP contribution in [0.2, 0.25) is 10.0 Å². The Morgan fingerprint density at radius 1 is 1.17 bits per heavy atom. The summed E-state index contributed by atoms with van der Waals surface area (Å²) in [5, 5.41) is 4.07. The maximum absolute atomic E-state index is 12.2. The normalized spacial score (nSPS) is 12.0. The molecule has 0 aliphatic carbocycles. The van der Waals surface area contributed by atoms with Gasteiger partial charge < -0.3 is 10.1 Å². The average Bonchev–Trinajstić information content (AvgIpc) is 2.56. The predicted molar refractivity (Wildman–Crippen MR) is 98.3 cm³/mol. The van der Waals surface area contributed by atoms with E-state index in [0.717, 1.165) is 17.4 Å². The number of aryl methyl sites for hydroxylation is 1. The van der Waals surface area contributed by atoms with Crippen molar-refractivity contribution in [2.75, 3.05) is 13.1 Å². The van der Waals surface area contributed by atoms with E-state index in [1.807, 2.05) is 31.2 Å². The molecule has 0 heterocycles. The zero-order valence-electron chi connectivity index (χ0n) is 13.4. The molecule has 0 unspecified atom stereocenters. The van der Waals surface area contributed by atoms with Crippen molar-refractivity contribution >= 4 is 35.3 Å². The minimum atomic E-state index is -0.0532. The molecule has 3 nitrogen and oxygen atoms in total. The summed E-state index contributed by atoms with van der Waals surface area (Å²) in [4.78, 5) is 23.1. The number of Topliss-reactive ketones (excluding diaryl/α,β-unsaturated/α-hetero) is 1. The highest BCUT2D eigenvalue weighted by atomic mass is 35.5. The second kappa shape index (κ2) is 8.97. The number of rotatable bonds is 8. The van der Waals surface area contributed by atoms with Gasteiger partial charge in [0, 0.05) is 24.4 Å². The fraction of sp³-hybridized carbons (Fsp3) is 0.263. The summed E-state index contributed by atoms with van der Waals surface area (Å²) in [7, 11) is 0. The minimum absolute atomic E-state index is 0.0256. The topological polar surface area (TPSA) is 46.2 Å². The quantitative estimate of drug-likeness (QED) is 0.556. The Bertz CT molecular complexity index is 731. The lowest BCUT2D eigenvalue weighted by molar-refractivity contribution is -0.108. The zero-order valence-corrected chi connectivity index (χ0v) is 14.9. The lowest BCUT2D eigenvalue weighted by Crippen LogP contribution is -2.28. The summed E-state index contributed by atoms with van der Waals surface area (Å²) in [5.41, 5.74) is 2.66. The first-order chi connectivity index (χ1) is 11.5. The average molecular weight is 364 g/mol. The fourth-order valence-corrected chi connectivity index (χ4v) is 2.81. The van der Waals surface area contributed by atoms with Crippen molar-refractivity contribution < 1.29 is 9.59 Å². The maximum Gasteiger partial charge on any atom is 0.176 e. The van der Waals surface area contributed by atoms with Crippen LogP contribution in [0.5, 0.6) is 0 Å². The van der Waals surface area contributed by atoms with Crippen LogP contribution in [-0.2, 0) is 4.79 Å². The molecule has 0 aliphatic heterocycles. The van der Waals surface area contributed by atoms with Gasteiger partial charge in [0.2, 0.25) is 0 Å². The largest absolute Gasteiger partial charge is 0.309 e. The second-order valence-electron chi connectivity index (χ2n) is 5.70. The van der Waals surface area contributed by atoms with Crippen molar-refractivity contribution in [3.63, 3.8) is 0 Å². The lowest BCUT2D eigenvalue weighted by atomic mass is 9.96. The smallest absolute Gasteiger partial charge is 0.176 e. The molecule has 1 atom stereocenters. The lowest BCUT2D eigenvalue weighted by Gasteiger charge is -2.16. The molecule has 0 spiro atoms. The van der Waals surface area contributed by atoms with Crippen LogP contribution in [0.25, 0.3) is 0 Å². The van der Waals surface area contributed by atoms with E-state index >= 15 is 0 Å². The van der Waals surface area contributed by atoms with Crippen molar-refractivity contribution in [3.05, 3.63) is 69.2 Å². The van der Waals surface area contributed by atoms with E-state index in [1.54, 1.807) is 18.2 Å². The fourth-order valence-electron chi connectivity index (χ4n) is 2.50. The number of carbonyl (C=O) groups is 2. The number of carbonyl (C=O) groups excluding carboxylic acids is 2. The van der Waals surface area contributed by atoms with Crippen LogP contribution in [0, 0.1) is 6.92 Å². The zero-order chi connectivity index (χ0) is 17.5. The van der Waals surface area contributed by atoms with Crippen molar-refractivity contribution in [1.29, 1.82) is 0 Å². The third-order valence-electron chi connectivity index (χ3n) is 3.81. The summed E-state index contributed by atoms with van der Waals surface area (Å²) in [5.74, 6) is -0.0275. The molecule has 0 fully saturated rings. The Kier molecular flexibility index (Phi) is 6.98. The number of hydrogen-bond acceptors (Lipinski definition) is 3. The number of halogens is 2. The van der Waals surface area contributed by atoms with Gasteiger partial charge in [0.1, 0.15) is 6.29 Å². The van der Waals surface area contributed by atoms with Crippen LogP contribution in [0.1, 0.15) is 33.8 Å². The molecule has 0 aromatic heterocycles. The van der Waals surface area contributed by atoms with Gasteiger partial charge >= 0.3 is 0 Å². The number of hydrogen-bond donors (Lipinski definition) is 1. The molecule has 0 saturated heterocycles. The number of benzene rings is 2. The van der Waals surface area contributed by atoms with Crippen LogP contribution in [0.4, 0.5) is 0 Å². The highest BCUT2D eigenvalue weighted by Gasteiger charge is 2.14. The third-order valence-corrected chi connectivity index (χ3v) is 4.55. The molecule has 0 bridgehead atoms. The van der Waals surface area contributed by atoms with Gasteiger partial charge in [0.25, 0.3) is 0 Å². The first kappa shape index (κ1) is 18.7. The molecule has 2 aromatic rings. The van der Waals surface area contributed by atoms with Crippen molar-refractivity contribution in [1.82, 2.24) is 5.32 Å². The van der Waals surface area contributed by atoms with E-state index in [2.05, 4.69) is 5.32 Å². The van der Waals surface area contributed by atoms with Crippen molar-refractivity contribution in [2.45, 2.75) is 19.3 Å². The number of ketones is 1. The molecule has 0 amide bonds. The Labute approximate surface area is 152 Å². The van der Waals surface area contributed by atoms with Crippen LogP contribution in [0.3, 0.4) is 0 Å². The van der Waals surface area contributed by atoms with Crippen molar-refractivity contribution in [2.24, 2.45) is 0 Å². The molecule has 24 heavy (non-hydrogen) atoms. The van der Waals surface area contributed by atoms with Gasteiger partial charge in [-0.3, -0.25) is 4.79 Å². The third kappa shape index (κ3) is 5.17. The van der Waals surface area contributed by atoms with Crippen LogP contribution in [0.15, 0.2) is 42.5 Å². The summed E-state index contributed by atoms with van der Waals surface area (Å²) in [6.07, 6.45) is 1.22. The monoisotopic (exact) mass is 363 g/mol.